The van der Waals surface area contributed by atoms with Crippen molar-refractivity contribution in [3.8, 4) is 11.3 Å². The molecule has 0 radical (unpaired) electrons. The maximum Gasteiger partial charge on any atom is 0.249 e. The Balaban J connectivity index is 1.57. The number of nitrogens with one attached hydrogen (secondary N) is 1. The highest BCUT2D eigenvalue weighted by Gasteiger charge is 2.08. The number of aromatic nitrogens is 4. The molecule has 2 heterocycles. The second kappa shape index (κ2) is 7.03. The monoisotopic (exact) mass is 395 g/mol. The fourth-order valence-electron chi connectivity index (χ4n) is 1.64. The summed E-state index contributed by atoms with van der Waals surface area (Å²) in [6, 6.07) is 7.97. The van der Waals surface area contributed by atoms with Gasteiger partial charge in [-0.2, -0.15) is 0 Å². The first-order chi connectivity index (χ1) is 10.7. The van der Waals surface area contributed by atoms with Gasteiger partial charge in [0.05, 0.1) is 11.4 Å². The van der Waals surface area contributed by atoms with E-state index in [1.165, 1.54) is 40.4 Å². The summed E-state index contributed by atoms with van der Waals surface area (Å²) in [7, 11) is 0. The normalized spacial score (nSPS) is 10.6. The number of carbonyl (C=O) groups excluding carboxylic acids is 1. The third-order valence-corrected chi connectivity index (χ3v) is 5.17. The summed E-state index contributed by atoms with van der Waals surface area (Å²) < 4.78 is 3.31. The predicted octanol–water partition coefficient (Wildman–Crippen LogP) is 3.03. The number of hydrogen-bond acceptors (Lipinski definition) is 6. The molecule has 1 N–H and O–H groups in total. The number of hydrogen-bond donors (Lipinski definition) is 1. The number of rotatable bonds is 5. The molecule has 0 saturated heterocycles. The van der Waals surface area contributed by atoms with E-state index >= 15 is 0 Å². The Morgan fingerprint density at radius 3 is 2.73 bits per heavy atom. The van der Waals surface area contributed by atoms with Crippen LogP contribution in [0.3, 0.4) is 0 Å². The van der Waals surface area contributed by atoms with Gasteiger partial charge < -0.3 is 0 Å². The van der Waals surface area contributed by atoms with Crippen LogP contribution < -0.4 is 5.43 Å². The summed E-state index contributed by atoms with van der Waals surface area (Å²) in [5.74, 6) is 0.149. The molecule has 3 aromatic rings. The highest BCUT2D eigenvalue weighted by Crippen LogP contribution is 2.28. The van der Waals surface area contributed by atoms with Gasteiger partial charge in [-0.1, -0.05) is 39.8 Å². The van der Waals surface area contributed by atoms with Gasteiger partial charge in [0.2, 0.25) is 5.91 Å². The van der Waals surface area contributed by atoms with E-state index in [4.69, 9.17) is 0 Å². The number of nitrogens with zero attached hydrogens (tertiary/aromatic N) is 4. The Kier molecular flexibility index (Phi) is 4.86. The SMILES string of the molecule is O=C(CSc1nc(-c2ccc(Br)cc2)cs1)Nn1cnnc1. The van der Waals surface area contributed by atoms with Crippen molar-refractivity contribution < 1.29 is 4.79 Å². The molecule has 0 aliphatic heterocycles. The van der Waals surface area contributed by atoms with E-state index in [0.717, 1.165) is 20.1 Å². The van der Waals surface area contributed by atoms with Crippen molar-refractivity contribution in [3.05, 3.63) is 46.8 Å². The largest absolute Gasteiger partial charge is 0.272 e. The van der Waals surface area contributed by atoms with Crippen LogP contribution in [0.5, 0.6) is 0 Å². The molecule has 0 aliphatic carbocycles. The van der Waals surface area contributed by atoms with Gasteiger partial charge in [-0.3, -0.25) is 10.2 Å². The fourth-order valence-corrected chi connectivity index (χ4v) is 3.53. The molecule has 3 rings (SSSR count). The fraction of sp³-hybridized carbons (Fsp3) is 0.0769. The molecule has 9 heteroatoms. The van der Waals surface area contributed by atoms with Crippen LogP contribution in [0.25, 0.3) is 11.3 Å². The zero-order valence-corrected chi connectivity index (χ0v) is 14.4. The highest BCUT2D eigenvalue weighted by atomic mass is 79.9. The van der Waals surface area contributed by atoms with Crippen molar-refractivity contribution in [1.82, 2.24) is 19.9 Å². The molecule has 0 atom stereocenters. The lowest BCUT2D eigenvalue weighted by Crippen LogP contribution is -2.23. The Bertz CT molecular complexity index is 757. The van der Waals surface area contributed by atoms with E-state index in [0.29, 0.717) is 0 Å². The van der Waals surface area contributed by atoms with E-state index in [2.05, 4.69) is 36.5 Å². The molecular weight excluding hydrogens is 386 g/mol. The molecule has 1 amide bonds. The number of benzene rings is 1. The number of amides is 1. The van der Waals surface area contributed by atoms with Crippen LogP contribution in [-0.2, 0) is 4.79 Å². The third kappa shape index (κ3) is 3.93. The third-order valence-electron chi connectivity index (χ3n) is 2.62. The summed E-state index contributed by atoms with van der Waals surface area (Å²) in [6.07, 6.45) is 2.86. The second-order valence-electron chi connectivity index (χ2n) is 4.20. The van der Waals surface area contributed by atoms with E-state index in [1.54, 1.807) is 0 Å². The lowest BCUT2D eigenvalue weighted by molar-refractivity contribution is -0.114. The average Bonchev–Trinajstić information content (AvgIpc) is 3.17. The van der Waals surface area contributed by atoms with Crippen molar-refractivity contribution in [2.45, 2.75) is 4.34 Å². The van der Waals surface area contributed by atoms with Gasteiger partial charge in [0.1, 0.15) is 12.7 Å². The van der Waals surface area contributed by atoms with Crippen LogP contribution >= 0.6 is 39.0 Å². The summed E-state index contributed by atoms with van der Waals surface area (Å²) in [5, 5.41) is 9.22. The Hall–Kier alpha value is -1.71. The Morgan fingerprint density at radius 1 is 1.27 bits per heavy atom. The predicted molar refractivity (Wildman–Crippen MR) is 90.4 cm³/mol. The molecule has 0 bridgehead atoms. The molecule has 0 fully saturated rings. The topological polar surface area (TPSA) is 72.7 Å². The molecule has 0 aliphatic rings. The maximum atomic E-state index is 11.8. The molecule has 2 aromatic heterocycles. The number of halogens is 1. The van der Waals surface area contributed by atoms with E-state index in [-0.39, 0.29) is 11.7 Å². The second-order valence-corrected chi connectivity index (χ2v) is 7.19. The molecule has 6 nitrogen and oxygen atoms in total. The van der Waals surface area contributed by atoms with Crippen molar-refractivity contribution in [2.75, 3.05) is 11.2 Å². The van der Waals surface area contributed by atoms with E-state index in [9.17, 15) is 4.79 Å². The lowest BCUT2D eigenvalue weighted by Gasteiger charge is -2.02. The first-order valence-corrected chi connectivity index (χ1v) is 8.85. The van der Waals surface area contributed by atoms with Gasteiger partial charge in [0.25, 0.3) is 0 Å². The van der Waals surface area contributed by atoms with E-state index < -0.39 is 0 Å². The Morgan fingerprint density at radius 2 is 2.00 bits per heavy atom. The molecule has 0 spiro atoms. The van der Waals surface area contributed by atoms with Gasteiger partial charge in [-0.15, -0.1) is 21.5 Å². The van der Waals surface area contributed by atoms with Gasteiger partial charge in [-0.05, 0) is 12.1 Å². The average molecular weight is 396 g/mol. The van der Waals surface area contributed by atoms with Gasteiger partial charge >= 0.3 is 0 Å². The first-order valence-electron chi connectivity index (χ1n) is 6.19. The van der Waals surface area contributed by atoms with Crippen molar-refractivity contribution in [2.24, 2.45) is 0 Å². The lowest BCUT2D eigenvalue weighted by atomic mass is 10.2. The molecular formula is C13H10BrN5OS2. The standard InChI is InChI=1S/C13H10BrN5OS2/c14-10-3-1-9(2-4-10)11-5-21-13(17-11)22-6-12(20)18-19-7-15-16-8-19/h1-5,7-8H,6H2,(H,18,20). The minimum Gasteiger partial charge on any atom is -0.272 e. The summed E-state index contributed by atoms with van der Waals surface area (Å²) in [6.45, 7) is 0. The Labute approximate surface area is 143 Å². The molecule has 0 saturated carbocycles. The number of carbonyl (C=O) groups is 1. The van der Waals surface area contributed by atoms with Gasteiger partial charge in [0.15, 0.2) is 4.34 Å². The maximum absolute atomic E-state index is 11.8. The molecule has 1 aromatic carbocycles. The van der Waals surface area contributed by atoms with Crippen molar-refractivity contribution >= 4 is 44.9 Å². The van der Waals surface area contributed by atoms with Crippen LogP contribution in [0, 0.1) is 0 Å². The van der Waals surface area contributed by atoms with Gasteiger partial charge in [-0.25, -0.2) is 9.66 Å². The molecule has 112 valence electrons. The summed E-state index contributed by atoms with van der Waals surface area (Å²) in [4.78, 5) is 16.3. The highest BCUT2D eigenvalue weighted by molar-refractivity contribution is 9.10. The minimum absolute atomic E-state index is 0.134. The van der Waals surface area contributed by atoms with Gasteiger partial charge in [0, 0.05) is 15.4 Å². The van der Waals surface area contributed by atoms with E-state index in [1.807, 2.05) is 29.6 Å². The zero-order chi connectivity index (χ0) is 15.4. The van der Waals surface area contributed by atoms with Crippen LogP contribution in [0.15, 0.2) is 51.1 Å². The van der Waals surface area contributed by atoms with Crippen LogP contribution in [0.4, 0.5) is 0 Å². The minimum atomic E-state index is -0.134. The van der Waals surface area contributed by atoms with Crippen LogP contribution in [-0.4, -0.2) is 31.5 Å². The summed E-state index contributed by atoms with van der Waals surface area (Å²) >= 11 is 6.34. The quantitative estimate of drug-likeness (QED) is 0.672. The van der Waals surface area contributed by atoms with Crippen molar-refractivity contribution in [3.63, 3.8) is 0 Å². The van der Waals surface area contributed by atoms with Crippen LogP contribution in [0.1, 0.15) is 0 Å². The smallest absolute Gasteiger partial charge is 0.249 e. The first kappa shape index (κ1) is 15.2. The molecule has 0 unspecified atom stereocenters. The molecule has 22 heavy (non-hydrogen) atoms. The number of thiazole rings is 1. The van der Waals surface area contributed by atoms with Crippen LogP contribution in [0.2, 0.25) is 0 Å². The summed E-state index contributed by atoms with van der Waals surface area (Å²) in [5.41, 5.74) is 4.61. The zero-order valence-electron chi connectivity index (χ0n) is 11.1. The van der Waals surface area contributed by atoms with Crippen molar-refractivity contribution in [1.29, 1.82) is 0 Å². The number of thioether (sulfide) groups is 1.